The maximum Gasteiger partial charge on any atom is 0.278 e. The lowest BCUT2D eigenvalue weighted by Gasteiger charge is -2.21. The van der Waals surface area contributed by atoms with Gasteiger partial charge in [-0.25, -0.2) is 8.78 Å². The first kappa shape index (κ1) is 16.2. The fourth-order valence-corrected chi connectivity index (χ4v) is 2.71. The van der Waals surface area contributed by atoms with E-state index in [1.165, 1.54) is 27.7 Å². The van der Waals surface area contributed by atoms with E-state index in [0.717, 1.165) is 0 Å². The SMILES string of the molecule is CC(C(=O)N(C)C)n1c(C(F)F)cc2c(Cl)c(C#N)ccc21. The second-order valence-corrected chi connectivity index (χ2v) is 5.50. The molecule has 1 heterocycles. The highest BCUT2D eigenvalue weighted by molar-refractivity contribution is 6.36. The van der Waals surface area contributed by atoms with Crippen molar-refractivity contribution >= 4 is 28.4 Å². The zero-order valence-electron chi connectivity index (χ0n) is 12.3. The largest absolute Gasteiger partial charge is 0.347 e. The number of benzene rings is 1. The Labute approximate surface area is 131 Å². The number of rotatable bonds is 3. The molecule has 7 heteroatoms. The van der Waals surface area contributed by atoms with E-state index in [1.807, 2.05) is 6.07 Å². The number of halogens is 3. The number of hydrogen-bond donors (Lipinski definition) is 0. The summed E-state index contributed by atoms with van der Waals surface area (Å²) in [5, 5.41) is 9.44. The van der Waals surface area contributed by atoms with Crippen LogP contribution in [0.3, 0.4) is 0 Å². The van der Waals surface area contributed by atoms with Crippen molar-refractivity contribution in [2.75, 3.05) is 14.1 Å². The van der Waals surface area contributed by atoms with Gasteiger partial charge in [-0.3, -0.25) is 4.79 Å². The predicted octanol–water partition coefficient (Wildman–Crippen LogP) is 3.75. The van der Waals surface area contributed by atoms with Crippen molar-refractivity contribution in [3.8, 4) is 6.07 Å². The van der Waals surface area contributed by atoms with Gasteiger partial charge >= 0.3 is 0 Å². The Morgan fingerprint density at radius 1 is 1.41 bits per heavy atom. The number of amides is 1. The van der Waals surface area contributed by atoms with Gasteiger partial charge in [0.1, 0.15) is 12.1 Å². The Morgan fingerprint density at radius 2 is 2.05 bits per heavy atom. The average molecular weight is 326 g/mol. The van der Waals surface area contributed by atoms with Gasteiger partial charge in [0, 0.05) is 19.5 Å². The van der Waals surface area contributed by atoms with Gasteiger partial charge in [0.25, 0.3) is 6.43 Å². The number of carbonyl (C=O) groups excluding carboxylic acids is 1. The molecule has 0 bridgehead atoms. The number of fused-ring (bicyclic) bond motifs is 1. The van der Waals surface area contributed by atoms with Crippen LogP contribution in [0.25, 0.3) is 10.9 Å². The van der Waals surface area contributed by atoms with E-state index in [0.29, 0.717) is 10.9 Å². The number of hydrogen-bond acceptors (Lipinski definition) is 2. The summed E-state index contributed by atoms with van der Waals surface area (Å²) in [6.07, 6.45) is -2.76. The molecule has 22 heavy (non-hydrogen) atoms. The molecular formula is C15H14ClF2N3O. The molecule has 2 rings (SSSR count). The maximum absolute atomic E-state index is 13.4. The molecule has 1 unspecified atom stereocenters. The smallest absolute Gasteiger partial charge is 0.278 e. The van der Waals surface area contributed by atoms with Crippen molar-refractivity contribution in [3.63, 3.8) is 0 Å². The van der Waals surface area contributed by atoms with Crippen LogP contribution < -0.4 is 0 Å². The monoisotopic (exact) mass is 325 g/mol. The van der Waals surface area contributed by atoms with E-state index in [4.69, 9.17) is 16.9 Å². The molecule has 0 radical (unpaired) electrons. The number of carbonyl (C=O) groups is 1. The van der Waals surface area contributed by atoms with Crippen LogP contribution in [0.5, 0.6) is 0 Å². The quantitative estimate of drug-likeness (QED) is 0.862. The van der Waals surface area contributed by atoms with Crippen LogP contribution in [0.4, 0.5) is 8.78 Å². The summed E-state index contributed by atoms with van der Waals surface area (Å²) in [6.45, 7) is 1.56. The molecule has 1 aromatic carbocycles. The number of alkyl halides is 2. The molecule has 0 aliphatic carbocycles. The van der Waals surface area contributed by atoms with E-state index in [9.17, 15) is 13.6 Å². The standard InChI is InChI=1S/C15H14ClF2N3O/c1-8(15(22)20(2)3)21-11-5-4-9(7-19)13(16)10(11)6-12(21)14(17)18/h4-6,8,14H,1-3H3. The molecule has 0 fully saturated rings. The predicted molar refractivity (Wildman–Crippen MR) is 80.0 cm³/mol. The van der Waals surface area contributed by atoms with Crippen molar-refractivity contribution in [1.82, 2.24) is 9.47 Å². The van der Waals surface area contributed by atoms with E-state index >= 15 is 0 Å². The summed E-state index contributed by atoms with van der Waals surface area (Å²) < 4.78 is 28.0. The van der Waals surface area contributed by atoms with Crippen LogP contribution in [-0.2, 0) is 4.79 Å². The summed E-state index contributed by atoms with van der Waals surface area (Å²) in [6, 6.07) is 5.34. The fraction of sp³-hybridized carbons (Fsp3) is 0.333. The Morgan fingerprint density at radius 3 is 2.55 bits per heavy atom. The second-order valence-electron chi connectivity index (χ2n) is 5.12. The molecule has 0 saturated carbocycles. The number of nitrogens with zero attached hydrogens (tertiary/aromatic N) is 3. The molecule has 0 aliphatic rings. The van der Waals surface area contributed by atoms with E-state index < -0.39 is 12.5 Å². The van der Waals surface area contributed by atoms with Crippen molar-refractivity contribution in [1.29, 1.82) is 5.26 Å². The minimum Gasteiger partial charge on any atom is -0.347 e. The first-order valence-electron chi connectivity index (χ1n) is 6.52. The Hall–Kier alpha value is -2.13. The third kappa shape index (κ3) is 2.53. The summed E-state index contributed by atoms with van der Waals surface area (Å²) in [4.78, 5) is 13.5. The van der Waals surface area contributed by atoms with Crippen LogP contribution in [0, 0.1) is 11.3 Å². The molecule has 0 N–H and O–H groups in total. The molecule has 1 amide bonds. The van der Waals surface area contributed by atoms with Gasteiger partial charge in [0.15, 0.2) is 0 Å². The first-order valence-corrected chi connectivity index (χ1v) is 6.90. The lowest BCUT2D eigenvalue weighted by molar-refractivity contribution is -0.131. The summed E-state index contributed by atoms with van der Waals surface area (Å²) in [5.74, 6) is -0.306. The summed E-state index contributed by atoms with van der Waals surface area (Å²) in [7, 11) is 3.13. The van der Waals surface area contributed by atoms with E-state index in [-0.39, 0.29) is 22.2 Å². The Bertz CT molecular complexity index is 777. The van der Waals surface area contributed by atoms with Gasteiger partial charge < -0.3 is 9.47 Å². The van der Waals surface area contributed by atoms with Gasteiger partial charge in [-0.05, 0) is 25.1 Å². The molecule has 1 aromatic heterocycles. The highest BCUT2D eigenvalue weighted by Gasteiger charge is 2.26. The molecule has 2 aromatic rings. The Kier molecular flexibility index (Phi) is 4.38. The fourth-order valence-electron chi connectivity index (χ4n) is 2.46. The van der Waals surface area contributed by atoms with Gasteiger partial charge in [0.05, 0.1) is 21.8 Å². The highest BCUT2D eigenvalue weighted by atomic mass is 35.5. The molecule has 0 saturated heterocycles. The number of likely N-dealkylation sites (N-methyl/N-ethyl adjacent to an activating group) is 1. The van der Waals surface area contributed by atoms with Crippen LogP contribution in [0.2, 0.25) is 5.02 Å². The van der Waals surface area contributed by atoms with Crippen LogP contribution in [0.15, 0.2) is 18.2 Å². The zero-order valence-corrected chi connectivity index (χ0v) is 13.0. The second kappa shape index (κ2) is 5.93. The lowest BCUT2D eigenvalue weighted by atomic mass is 10.1. The highest BCUT2D eigenvalue weighted by Crippen LogP contribution is 2.35. The van der Waals surface area contributed by atoms with Gasteiger partial charge in [0.2, 0.25) is 5.91 Å². The maximum atomic E-state index is 13.4. The molecule has 0 aliphatic heterocycles. The summed E-state index contributed by atoms with van der Waals surface area (Å²) in [5.41, 5.74) is 0.315. The van der Waals surface area contributed by atoms with Crippen LogP contribution in [0.1, 0.15) is 30.6 Å². The average Bonchev–Trinajstić information content (AvgIpc) is 2.86. The van der Waals surface area contributed by atoms with Crippen LogP contribution in [-0.4, -0.2) is 29.5 Å². The van der Waals surface area contributed by atoms with Crippen molar-refractivity contribution in [3.05, 3.63) is 34.5 Å². The number of aromatic nitrogens is 1. The minimum absolute atomic E-state index is 0.116. The molecule has 0 spiro atoms. The molecule has 116 valence electrons. The van der Waals surface area contributed by atoms with E-state index in [1.54, 1.807) is 21.0 Å². The van der Waals surface area contributed by atoms with Crippen molar-refractivity contribution in [2.45, 2.75) is 19.4 Å². The third-order valence-electron chi connectivity index (χ3n) is 3.52. The van der Waals surface area contributed by atoms with Crippen molar-refractivity contribution < 1.29 is 13.6 Å². The zero-order chi connectivity index (χ0) is 16.6. The van der Waals surface area contributed by atoms with E-state index in [2.05, 4.69) is 0 Å². The van der Waals surface area contributed by atoms with Crippen LogP contribution >= 0.6 is 11.6 Å². The minimum atomic E-state index is -2.76. The third-order valence-corrected chi connectivity index (χ3v) is 3.92. The lowest BCUT2D eigenvalue weighted by Crippen LogP contribution is -2.30. The number of nitriles is 1. The Balaban J connectivity index is 2.77. The van der Waals surface area contributed by atoms with Gasteiger partial charge in [-0.2, -0.15) is 5.26 Å². The molecule has 1 atom stereocenters. The van der Waals surface area contributed by atoms with Gasteiger partial charge in [-0.15, -0.1) is 0 Å². The molecule has 4 nitrogen and oxygen atoms in total. The van der Waals surface area contributed by atoms with Crippen molar-refractivity contribution in [2.24, 2.45) is 0 Å². The normalized spacial score (nSPS) is 12.5. The molecular weight excluding hydrogens is 312 g/mol. The van der Waals surface area contributed by atoms with Gasteiger partial charge in [-0.1, -0.05) is 11.6 Å². The first-order chi connectivity index (χ1) is 10.3. The topological polar surface area (TPSA) is 49.0 Å². The summed E-state index contributed by atoms with van der Waals surface area (Å²) >= 11 is 6.10.